The summed E-state index contributed by atoms with van der Waals surface area (Å²) in [7, 11) is 0. The van der Waals surface area contributed by atoms with Gasteiger partial charge in [-0.15, -0.1) is 24.0 Å². The Bertz CT molecular complexity index is 792. The molecule has 0 saturated heterocycles. The molecule has 1 aromatic heterocycles. The van der Waals surface area contributed by atoms with Crippen LogP contribution in [-0.4, -0.2) is 42.7 Å². The van der Waals surface area contributed by atoms with E-state index in [1.54, 1.807) is 42.2 Å². The number of amides is 1. The van der Waals surface area contributed by atoms with Gasteiger partial charge in [-0.25, -0.2) is 9.38 Å². The Labute approximate surface area is 192 Å². The zero-order valence-corrected chi connectivity index (χ0v) is 19.7. The lowest BCUT2D eigenvalue weighted by molar-refractivity contribution is 0.0954. The number of pyridine rings is 1. The van der Waals surface area contributed by atoms with Gasteiger partial charge >= 0.3 is 0 Å². The monoisotopic (exact) mass is 531 g/mol. The maximum absolute atomic E-state index is 13.5. The lowest BCUT2D eigenvalue weighted by atomic mass is 10.1. The lowest BCUT2D eigenvalue weighted by Crippen LogP contribution is -2.41. The van der Waals surface area contributed by atoms with Gasteiger partial charge in [0.05, 0.1) is 12.1 Å². The lowest BCUT2D eigenvalue weighted by Gasteiger charge is -2.13. The first-order valence-corrected chi connectivity index (χ1v) is 10.5. The zero-order chi connectivity index (χ0) is 20.2. The number of benzene rings is 1. The fourth-order valence-corrected chi connectivity index (χ4v) is 3.08. The Morgan fingerprint density at radius 1 is 1.17 bits per heavy atom. The molecule has 1 amide bonds. The molecule has 29 heavy (non-hydrogen) atoms. The van der Waals surface area contributed by atoms with Crippen molar-refractivity contribution in [3.63, 3.8) is 0 Å². The molecular formula is C20H27FIN5OS. The summed E-state index contributed by atoms with van der Waals surface area (Å²) < 4.78 is 13.5. The van der Waals surface area contributed by atoms with E-state index >= 15 is 0 Å². The molecule has 0 spiro atoms. The molecular weight excluding hydrogens is 504 g/mol. The van der Waals surface area contributed by atoms with Gasteiger partial charge < -0.3 is 16.0 Å². The van der Waals surface area contributed by atoms with E-state index in [0.717, 1.165) is 23.4 Å². The normalized spacial score (nSPS) is 10.8. The summed E-state index contributed by atoms with van der Waals surface area (Å²) in [6, 6.07) is 8.25. The molecule has 0 aliphatic heterocycles. The Morgan fingerprint density at radius 2 is 1.97 bits per heavy atom. The summed E-state index contributed by atoms with van der Waals surface area (Å²) in [5, 5.41) is 9.20. The molecule has 3 N–H and O–H groups in total. The number of aromatic nitrogens is 1. The molecule has 6 nitrogen and oxygen atoms in total. The van der Waals surface area contributed by atoms with Crippen molar-refractivity contribution in [3.8, 4) is 0 Å². The van der Waals surface area contributed by atoms with Crippen LogP contribution in [-0.2, 0) is 12.3 Å². The molecule has 0 saturated carbocycles. The van der Waals surface area contributed by atoms with Crippen LogP contribution in [0.2, 0.25) is 0 Å². The summed E-state index contributed by atoms with van der Waals surface area (Å²) in [5.41, 5.74) is 2.48. The van der Waals surface area contributed by atoms with Crippen molar-refractivity contribution < 1.29 is 9.18 Å². The predicted molar refractivity (Wildman–Crippen MR) is 128 cm³/mol. The highest BCUT2D eigenvalue weighted by Gasteiger charge is 2.06. The third-order valence-corrected chi connectivity index (χ3v) is 4.45. The van der Waals surface area contributed by atoms with Gasteiger partial charge in [0.1, 0.15) is 5.82 Å². The number of halogens is 2. The summed E-state index contributed by atoms with van der Waals surface area (Å²) >= 11 is 1.65. The number of thioether (sulfide) groups is 1. The standard InChI is InChI=1S/C20H26FN5OS.HI/c1-3-23-20(25-10-9-24-19(27)16-5-4-8-22-12-16)26-13-15-6-7-18(21)11-17(15)14-28-2;/h4-8,11-12H,3,9-10,13-14H2,1-2H3,(H,24,27)(H2,23,25,26);1H. The van der Waals surface area contributed by atoms with E-state index in [-0.39, 0.29) is 35.7 Å². The van der Waals surface area contributed by atoms with E-state index in [1.165, 1.54) is 12.3 Å². The first-order valence-electron chi connectivity index (χ1n) is 9.10. The van der Waals surface area contributed by atoms with Crippen LogP contribution in [0.5, 0.6) is 0 Å². The summed E-state index contributed by atoms with van der Waals surface area (Å²) in [6.45, 7) is 4.13. The topological polar surface area (TPSA) is 78.4 Å². The van der Waals surface area contributed by atoms with Crippen LogP contribution in [0.15, 0.2) is 47.7 Å². The first kappa shape index (κ1) is 25.2. The molecule has 0 radical (unpaired) electrons. The van der Waals surface area contributed by atoms with Gasteiger partial charge in [0, 0.05) is 37.8 Å². The van der Waals surface area contributed by atoms with Gasteiger partial charge in [-0.05, 0) is 48.6 Å². The number of hydrogen-bond acceptors (Lipinski definition) is 4. The molecule has 0 bridgehead atoms. The second-order valence-corrected chi connectivity index (χ2v) is 6.83. The summed E-state index contributed by atoms with van der Waals surface area (Å²) in [6.07, 6.45) is 5.15. The van der Waals surface area contributed by atoms with E-state index in [1.807, 2.05) is 13.2 Å². The van der Waals surface area contributed by atoms with Gasteiger partial charge in [-0.3, -0.25) is 9.78 Å². The molecule has 1 aromatic carbocycles. The van der Waals surface area contributed by atoms with Crippen LogP contribution in [0.3, 0.4) is 0 Å². The number of guanidine groups is 1. The second kappa shape index (κ2) is 14.2. The molecule has 0 fully saturated rings. The van der Waals surface area contributed by atoms with Gasteiger partial charge in [0.15, 0.2) is 5.96 Å². The average Bonchev–Trinajstić information content (AvgIpc) is 2.71. The first-order chi connectivity index (χ1) is 13.6. The van der Waals surface area contributed by atoms with Gasteiger partial charge in [0.2, 0.25) is 0 Å². The van der Waals surface area contributed by atoms with Crippen LogP contribution in [0.4, 0.5) is 4.39 Å². The molecule has 0 atom stereocenters. The van der Waals surface area contributed by atoms with Crippen LogP contribution in [0.25, 0.3) is 0 Å². The molecule has 158 valence electrons. The average molecular weight is 531 g/mol. The third kappa shape index (κ3) is 8.99. The number of nitrogens with one attached hydrogen (secondary N) is 3. The maximum Gasteiger partial charge on any atom is 0.252 e. The fraction of sp³-hybridized carbons (Fsp3) is 0.350. The van der Waals surface area contributed by atoms with Crippen molar-refractivity contribution in [1.29, 1.82) is 0 Å². The number of carbonyl (C=O) groups is 1. The number of carbonyl (C=O) groups excluding carboxylic acids is 1. The van der Waals surface area contributed by atoms with E-state index < -0.39 is 0 Å². The Kier molecular flexibility index (Phi) is 12.3. The minimum atomic E-state index is -0.230. The molecule has 1 heterocycles. The van der Waals surface area contributed by atoms with Crippen molar-refractivity contribution in [3.05, 3.63) is 65.2 Å². The van der Waals surface area contributed by atoms with Crippen LogP contribution < -0.4 is 16.0 Å². The van der Waals surface area contributed by atoms with Crippen molar-refractivity contribution in [2.24, 2.45) is 4.99 Å². The quantitative estimate of drug-likeness (QED) is 0.201. The van der Waals surface area contributed by atoms with Crippen molar-refractivity contribution in [2.45, 2.75) is 19.2 Å². The molecule has 0 aliphatic carbocycles. The van der Waals surface area contributed by atoms with E-state index in [4.69, 9.17) is 0 Å². The molecule has 2 aromatic rings. The van der Waals surface area contributed by atoms with Crippen molar-refractivity contribution in [2.75, 3.05) is 25.9 Å². The summed E-state index contributed by atoms with van der Waals surface area (Å²) in [5.74, 6) is 1.00. The Morgan fingerprint density at radius 3 is 2.66 bits per heavy atom. The van der Waals surface area contributed by atoms with Crippen molar-refractivity contribution >= 4 is 47.6 Å². The highest BCUT2D eigenvalue weighted by Crippen LogP contribution is 2.17. The zero-order valence-electron chi connectivity index (χ0n) is 16.6. The van der Waals surface area contributed by atoms with Crippen LogP contribution in [0.1, 0.15) is 28.4 Å². The summed E-state index contributed by atoms with van der Waals surface area (Å²) in [4.78, 5) is 20.5. The molecule has 9 heteroatoms. The number of aliphatic imine (C=N–C) groups is 1. The highest BCUT2D eigenvalue weighted by molar-refractivity contribution is 14.0. The molecule has 2 rings (SSSR count). The van der Waals surface area contributed by atoms with E-state index in [9.17, 15) is 9.18 Å². The predicted octanol–water partition coefficient (Wildman–Crippen LogP) is 3.19. The SMILES string of the molecule is CCNC(=NCc1ccc(F)cc1CSC)NCCNC(=O)c1cccnc1.I. The minimum absolute atomic E-state index is 0. The minimum Gasteiger partial charge on any atom is -0.357 e. The number of nitrogens with zero attached hydrogens (tertiary/aromatic N) is 2. The van der Waals surface area contributed by atoms with Gasteiger partial charge in [-0.1, -0.05) is 6.07 Å². The van der Waals surface area contributed by atoms with E-state index in [2.05, 4.69) is 25.9 Å². The fourth-order valence-electron chi connectivity index (χ4n) is 2.50. The highest BCUT2D eigenvalue weighted by atomic mass is 127. The largest absolute Gasteiger partial charge is 0.357 e. The number of rotatable bonds is 9. The van der Waals surface area contributed by atoms with E-state index in [0.29, 0.717) is 31.2 Å². The molecule has 0 unspecified atom stereocenters. The third-order valence-electron chi connectivity index (χ3n) is 3.85. The maximum atomic E-state index is 13.5. The Hall–Kier alpha value is -1.88. The van der Waals surface area contributed by atoms with Gasteiger partial charge in [-0.2, -0.15) is 11.8 Å². The van der Waals surface area contributed by atoms with Gasteiger partial charge in [0.25, 0.3) is 5.91 Å². The van der Waals surface area contributed by atoms with Crippen LogP contribution in [0, 0.1) is 5.82 Å². The number of hydrogen-bond donors (Lipinski definition) is 3. The Balaban J connectivity index is 0.00000420. The smallest absolute Gasteiger partial charge is 0.252 e. The molecule has 0 aliphatic rings. The van der Waals surface area contributed by atoms with Crippen molar-refractivity contribution in [1.82, 2.24) is 20.9 Å². The second-order valence-electron chi connectivity index (χ2n) is 5.97. The van der Waals surface area contributed by atoms with Crippen LogP contribution >= 0.6 is 35.7 Å².